The predicted octanol–water partition coefficient (Wildman–Crippen LogP) is 3.40. The first kappa shape index (κ1) is 22.3. The lowest BCUT2D eigenvalue weighted by atomic mass is 10.1. The molecule has 2 rings (SSSR count). The van der Waals surface area contributed by atoms with Crippen molar-refractivity contribution in [2.45, 2.75) is 78.1 Å². The minimum atomic E-state index is -0.364. The summed E-state index contributed by atoms with van der Waals surface area (Å²) in [5.74, 6) is 0.622. The van der Waals surface area contributed by atoms with Gasteiger partial charge in [-0.2, -0.15) is 0 Å². The lowest BCUT2D eigenvalue weighted by molar-refractivity contribution is -0.134. The first-order valence-corrected chi connectivity index (χ1v) is 10.2. The molecule has 3 amide bonds. The molecule has 7 nitrogen and oxygen atoms in total. The molecule has 1 N–H and O–H groups in total. The fraction of sp³-hybridized carbons (Fsp3) is 0.714. The third kappa shape index (κ3) is 6.86. The van der Waals surface area contributed by atoms with Crippen LogP contribution in [0.25, 0.3) is 0 Å². The van der Waals surface area contributed by atoms with Gasteiger partial charge in [0.05, 0.1) is 18.9 Å². The molecule has 1 fully saturated rings. The molecule has 7 heteroatoms. The van der Waals surface area contributed by atoms with E-state index in [1.165, 1.54) is 0 Å². The molecule has 2 atom stereocenters. The minimum absolute atomic E-state index is 0.0321. The zero-order valence-corrected chi connectivity index (χ0v) is 17.9. The molecule has 158 valence electrons. The van der Waals surface area contributed by atoms with Gasteiger partial charge in [-0.05, 0) is 59.1 Å². The zero-order chi connectivity index (χ0) is 20.7. The lowest BCUT2D eigenvalue weighted by Gasteiger charge is -2.34. The van der Waals surface area contributed by atoms with Crippen LogP contribution in [-0.2, 0) is 16.1 Å². The molecule has 0 bridgehead atoms. The van der Waals surface area contributed by atoms with Crippen molar-refractivity contribution in [3.8, 4) is 0 Å². The molecular formula is C21H35N3O4. The first-order valence-electron chi connectivity index (χ1n) is 10.2. The molecule has 0 unspecified atom stereocenters. The third-order valence-electron chi connectivity index (χ3n) is 4.90. The fourth-order valence-electron chi connectivity index (χ4n) is 3.17. The van der Waals surface area contributed by atoms with Crippen molar-refractivity contribution >= 4 is 11.9 Å². The summed E-state index contributed by atoms with van der Waals surface area (Å²) < 4.78 is 11.2. The molecule has 1 aromatic heterocycles. The molecule has 0 aliphatic carbocycles. The number of ether oxygens (including phenoxy) is 1. The van der Waals surface area contributed by atoms with Gasteiger partial charge in [-0.3, -0.25) is 4.79 Å². The average molecular weight is 394 g/mol. The molecular weight excluding hydrogens is 358 g/mol. The second-order valence-corrected chi connectivity index (χ2v) is 8.55. The Morgan fingerprint density at radius 3 is 2.64 bits per heavy atom. The van der Waals surface area contributed by atoms with Gasteiger partial charge in [0.25, 0.3) is 0 Å². The Bertz CT molecular complexity index is 618. The number of hydrogen-bond acceptors (Lipinski definition) is 4. The maximum Gasteiger partial charge on any atom is 0.318 e. The van der Waals surface area contributed by atoms with Crippen LogP contribution in [0.2, 0.25) is 0 Å². The van der Waals surface area contributed by atoms with Crippen LogP contribution in [0.1, 0.15) is 59.6 Å². The van der Waals surface area contributed by atoms with Crippen molar-refractivity contribution in [2.75, 3.05) is 19.7 Å². The summed E-state index contributed by atoms with van der Waals surface area (Å²) in [7, 11) is 0. The maximum atomic E-state index is 13.2. The standard InChI is InChI=1S/C21H35N3O4/c1-6-16(2)24(20(26)22-21(3,4)5)15-19(25)23(13-17-9-7-11-27-17)14-18-10-8-12-28-18/h7,9,11,16,18H,6,8,10,12-15H2,1-5H3,(H,22,26)/t16-,18+/m0/s1. The van der Waals surface area contributed by atoms with Gasteiger partial charge in [0.2, 0.25) is 5.91 Å². The Morgan fingerprint density at radius 2 is 2.11 bits per heavy atom. The van der Waals surface area contributed by atoms with Crippen molar-refractivity contribution in [1.82, 2.24) is 15.1 Å². The largest absolute Gasteiger partial charge is 0.467 e. The van der Waals surface area contributed by atoms with Crippen LogP contribution in [0.5, 0.6) is 0 Å². The van der Waals surface area contributed by atoms with Crippen LogP contribution in [0.3, 0.4) is 0 Å². The van der Waals surface area contributed by atoms with Crippen molar-refractivity contribution in [3.63, 3.8) is 0 Å². The van der Waals surface area contributed by atoms with Gasteiger partial charge in [-0.1, -0.05) is 6.92 Å². The average Bonchev–Trinajstić information content (AvgIpc) is 3.30. The van der Waals surface area contributed by atoms with E-state index in [9.17, 15) is 9.59 Å². The molecule has 1 saturated heterocycles. The topological polar surface area (TPSA) is 75.0 Å². The second kappa shape index (κ2) is 9.96. The van der Waals surface area contributed by atoms with E-state index < -0.39 is 0 Å². The number of carbonyl (C=O) groups excluding carboxylic acids is 2. The van der Waals surface area contributed by atoms with E-state index in [1.807, 2.05) is 46.8 Å². The van der Waals surface area contributed by atoms with E-state index in [0.717, 1.165) is 31.6 Å². The van der Waals surface area contributed by atoms with Gasteiger partial charge in [-0.15, -0.1) is 0 Å². The van der Waals surface area contributed by atoms with Crippen molar-refractivity contribution in [2.24, 2.45) is 0 Å². The van der Waals surface area contributed by atoms with Crippen LogP contribution in [0.15, 0.2) is 22.8 Å². The number of nitrogens with one attached hydrogen (secondary N) is 1. The van der Waals surface area contributed by atoms with Gasteiger partial charge in [0, 0.05) is 24.7 Å². The van der Waals surface area contributed by atoms with E-state index in [2.05, 4.69) is 5.32 Å². The number of hydrogen-bond donors (Lipinski definition) is 1. The Morgan fingerprint density at radius 1 is 1.36 bits per heavy atom. The van der Waals surface area contributed by atoms with E-state index in [0.29, 0.717) is 13.1 Å². The third-order valence-corrected chi connectivity index (χ3v) is 4.90. The predicted molar refractivity (Wildman–Crippen MR) is 108 cm³/mol. The Balaban J connectivity index is 2.11. The molecule has 0 saturated carbocycles. The molecule has 2 heterocycles. The van der Waals surface area contributed by atoms with Gasteiger partial charge in [0.15, 0.2) is 0 Å². The molecule has 0 radical (unpaired) electrons. The summed E-state index contributed by atoms with van der Waals surface area (Å²) in [5, 5.41) is 2.97. The Kier molecular flexibility index (Phi) is 7.92. The smallest absolute Gasteiger partial charge is 0.318 e. The number of furan rings is 1. The van der Waals surface area contributed by atoms with Crippen LogP contribution >= 0.6 is 0 Å². The summed E-state index contributed by atoms with van der Waals surface area (Å²) in [5.41, 5.74) is -0.364. The summed E-state index contributed by atoms with van der Waals surface area (Å²) >= 11 is 0. The quantitative estimate of drug-likeness (QED) is 0.735. The molecule has 0 spiro atoms. The molecule has 1 aliphatic heterocycles. The van der Waals surface area contributed by atoms with Crippen LogP contribution in [0, 0.1) is 0 Å². The Labute approximate surface area is 168 Å². The van der Waals surface area contributed by atoms with Crippen molar-refractivity contribution in [3.05, 3.63) is 24.2 Å². The number of urea groups is 1. The van der Waals surface area contributed by atoms with E-state index >= 15 is 0 Å². The number of carbonyl (C=O) groups is 2. The highest BCUT2D eigenvalue weighted by atomic mass is 16.5. The summed E-state index contributed by atoms with van der Waals surface area (Å²) in [6.45, 7) is 11.4. The van der Waals surface area contributed by atoms with Crippen LogP contribution in [0.4, 0.5) is 4.79 Å². The molecule has 28 heavy (non-hydrogen) atoms. The summed E-state index contributed by atoms with van der Waals surface area (Å²) in [6.07, 6.45) is 4.38. The highest BCUT2D eigenvalue weighted by Gasteiger charge is 2.29. The van der Waals surface area contributed by atoms with Crippen molar-refractivity contribution in [1.29, 1.82) is 0 Å². The number of nitrogens with zero attached hydrogens (tertiary/aromatic N) is 2. The fourth-order valence-corrected chi connectivity index (χ4v) is 3.17. The van der Waals surface area contributed by atoms with E-state index in [4.69, 9.17) is 9.15 Å². The molecule has 1 aliphatic rings. The van der Waals surface area contributed by atoms with E-state index in [-0.39, 0.29) is 36.2 Å². The lowest BCUT2D eigenvalue weighted by Crippen LogP contribution is -2.54. The maximum absolute atomic E-state index is 13.2. The highest BCUT2D eigenvalue weighted by Crippen LogP contribution is 2.17. The van der Waals surface area contributed by atoms with Gasteiger partial charge >= 0.3 is 6.03 Å². The van der Waals surface area contributed by atoms with Crippen LogP contribution < -0.4 is 5.32 Å². The highest BCUT2D eigenvalue weighted by molar-refractivity contribution is 5.84. The monoisotopic (exact) mass is 393 g/mol. The summed E-state index contributed by atoms with van der Waals surface area (Å²) in [6, 6.07) is 3.41. The molecule has 0 aromatic carbocycles. The van der Waals surface area contributed by atoms with Crippen molar-refractivity contribution < 1.29 is 18.7 Å². The number of rotatable bonds is 8. The van der Waals surface area contributed by atoms with Gasteiger partial charge < -0.3 is 24.3 Å². The minimum Gasteiger partial charge on any atom is -0.467 e. The SMILES string of the molecule is CC[C@H](C)N(CC(=O)N(Cc1ccco1)C[C@H]1CCCO1)C(=O)NC(C)(C)C. The first-order chi connectivity index (χ1) is 13.2. The van der Waals surface area contributed by atoms with Gasteiger partial charge in [0.1, 0.15) is 12.3 Å². The normalized spacial score (nSPS) is 18.0. The second-order valence-electron chi connectivity index (χ2n) is 8.55. The Hall–Kier alpha value is -2.02. The van der Waals surface area contributed by atoms with Gasteiger partial charge in [-0.25, -0.2) is 4.79 Å². The zero-order valence-electron chi connectivity index (χ0n) is 17.9. The number of amides is 3. The molecule has 1 aromatic rings. The van der Waals surface area contributed by atoms with Crippen LogP contribution in [-0.4, -0.2) is 59.1 Å². The summed E-state index contributed by atoms with van der Waals surface area (Å²) in [4.78, 5) is 29.3. The van der Waals surface area contributed by atoms with E-state index in [1.54, 1.807) is 16.1 Å².